The van der Waals surface area contributed by atoms with Crippen molar-refractivity contribution in [3.05, 3.63) is 54.4 Å². The minimum absolute atomic E-state index is 0.622. The molecule has 0 aliphatic carbocycles. The summed E-state index contributed by atoms with van der Waals surface area (Å²) in [6.45, 7) is 0. The molecule has 0 amide bonds. The minimum atomic E-state index is 0.622. The summed E-state index contributed by atoms with van der Waals surface area (Å²) in [4.78, 5) is 11.5. The molecule has 0 radical (unpaired) electrons. The predicted octanol–water partition coefficient (Wildman–Crippen LogP) is 2.40. The molecule has 0 atom stereocenters. The molecule has 0 aliphatic heterocycles. The summed E-state index contributed by atoms with van der Waals surface area (Å²) in [5.41, 5.74) is 5.69. The van der Waals surface area contributed by atoms with E-state index in [4.69, 9.17) is 0 Å². The zero-order chi connectivity index (χ0) is 12.2. The third-order valence-electron chi connectivity index (χ3n) is 2.46. The molecule has 1 aromatic carbocycles. The number of fused-ring (bicyclic) bond motifs is 1. The van der Waals surface area contributed by atoms with E-state index in [9.17, 15) is 0 Å². The van der Waals surface area contributed by atoms with Gasteiger partial charge in [-0.05, 0) is 18.2 Å². The largest absolute Gasteiger partial charge is 0.323 e. The van der Waals surface area contributed by atoms with Crippen LogP contribution in [0.3, 0.4) is 0 Å². The molecule has 3 aromatic rings. The zero-order valence-electron chi connectivity index (χ0n) is 9.54. The lowest BCUT2D eigenvalue weighted by Gasteiger charge is -1.93. The molecule has 0 spiro atoms. The molecule has 2 heterocycles. The first-order valence-electron chi connectivity index (χ1n) is 5.56. The maximum Gasteiger partial charge on any atom is 0.222 e. The number of aromatic nitrogens is 3. The van der Waals surface area contributed by atoms with Gasteiger partial charge in [0.1, 0.15) is 0 Å². The lowest BCUT2D eigenvalue weighted by Crippen LogP contribution is -1.92. The average Bonchev–Trinajstić information content (AvgIpc) is 2.82. The number of aromatic amines is 1. The number of hydrogen-bond acceptors (Lipinski definition) is 4. The fraction of sp³-hybridized carbons (Fsp3) is 0. The van der Waals surface area contributed by atoms with E-state index in [1.165, 1.54) is 0 Å². The molecule has 0 fully saturated rings. The number of para-hydroxylation sites is 2. The van der Waals surface area contributed by atoms with Crippen molar-refractivity contribution in [3.63, 3.8) is 0 Å². The average molecular weight is 237 g/mol. The number of hydrazone groups is 1. The van der Waals surface area contributed by atoms with Crippen molar-refractivity contribution < 1.29 is 0 Å². The Kier molecular flexibility index (Phi) is 2.71. The lowest BCUT2D eigenvalue weighted by molar-refractivity contribution is 1.21. The van der Waals surface area contributed by atoms with Crippen molar-refractivity contribution in [1.29, 1.82) is 0 Å². The van der Waals surface area contributed by atoms with E-state index < -0.39 is 0 Å². The Morgan fingerprint density at radius 1 is 1.17 bits per heavy atom. The quantitative estimate of drug-likeness (QED) is 0.543. The number of benzene rings is 1. The van der Waals surface area contributed by atoms with Crippen LogP contribution in [0.1, 0.15) is 5.56 Å². The second-order valence-electron chi connectivity index (χ2n) is 3.76. The summed E-state index contributed by atoms with van der Waals surface area (Å²) in [6.07, 6.45) is 5.16. The third kappa shape index (κ3) is 2.20. The van der Waals surface area contributed by atoms with Crippen LogP contribution in [0.2, 0.25) is 0 Å². The van der Waals surface area contributed by atoms with Gasteiger partial charge in [-0.15, -0.1) is 0 Å². The maximum absolute atomic E-state index is 4.35. The smallest absolute Gasteiger partial charge is 0.222 e. The molecule has 0 bridgehead atoms. The van der Waals surface area contributed by atoms with Crippen molar-refractivity contribution in [2.75, 3.05) is 5.43 Å². The number of rotatable bonds is 3. The zero-order valence-corrected chi connectivity index (χ0v) is 9.54. The van der Waals surface area contributed by atoms with Crippen LogP contribution in [0, 0.1) is 0 Å². The van der Waals surface area contributed by atoms with E-state index in [2.05, 4.69) is 25.5 Å². The Bertz CT molecular complexity index is 639. The molecule has 0 unspecified atom stereocenters. The Morgan fingerprint density at radius 2 is 2.11 bits per heavy atom. The van der Waals surface area contributed by atoms with Crippen LogP contribution >= 0.6 is 0 Å². The van der Waals surface area contributed by atoms with Crippen LogP contribution < -0.4 is 5.43 Å². The van der Waals surface area contributed by atoms with Crippen LogP contribution in [-0.4, -0.2) is 21.2 Å². The first-order chi connectivity index (χ1) is 8.92. The van der Waals surface area contributed by atoms with E-state index in [0.29, 0.717) is 5.95 Å². The summed E-state index contributed by atoms with van der Waals surface area (Å²) in [7, 11) is 0. The number of pyridine rings is 1. The second kappa shape index (κ2) is 4.67. The number of nitrogens with one attached hydrogen (secondary N) is 2. The van der Waals surface area contributed by atoms with Crippen LogP contribution in [0.5, 0.6) is 0 Å². The fourth-order valence-electron chi connectivity index (χ4n) is 1.63. The standard InChI is InChI=1S/C13H11N5/c1-2-6-12-11(5-1)16-13(17-12)18-15-9-10-4-3-7-14-8-10/h1-9H,(H2,16,17,18). The number of imidazole rings is 1. The van der Waals surface area contributed by atoms with Gasteiger partial charge in [-0.3, -0.25) is 4.98 Å². The highest BCUT2D eigenvalue weighted by molar-refractivity contribution is 5.80. The third-order valence-corrected chi connectivity index (χ3v) is 2.46. The fourth-order valence-corrected chi connectivity index (χ4v) is 1.63. The van der Waals surface area contributed by atoms with Gasteiger partial charge in [-0.1, -0.05) is 18.2 Å². The predicted molar refractivity (Wildman–Crippen MR) is 71.5 cm³/mol. The normalized spacial score (nSPS) is 11.1. The van der Waals surface area contributed by atoms with Crippen molar-refractivity contribution in [1.82, 2.24) is 15.0 Å². The first-order valence-corrected chi connectivity index (χ1v) is 5.56. The van der Waals surface area contributed by atoms with Crippen LogP contribution in [0.25, 0.3) is 11.0 Å². The molecule has 88 valence electrons. The topological polar surface area (TPSA) is 66.0 Å². The van der Waals surface area contributed by atoms with Crippen molar-refractivity contribution in [3.8, 4) is 0 Å². The van der Waals surface area contributed by atoms with Gasteiger partial charge in [0.15, 0.2) is 0 Å². The Labute approximate surface area is 104 Å². The van der Waals surface area contributed by atoms with E-state index in [-0.39, 0.29) is 0 Å². The first kappa shape index (κ1) is 10.5. The van der Waals surface area contributed by atoms with Gasteiger partial charge in [0.25, 0.3) is 0 Å². The Hall–Kier alpha value is -2.69. The molecule has 0 saturated carbocycles. The van der Waals surface area contributed by atoms with E-state index in [1.807, 2.05) is 36.4 Å². The molecular weight excluding hydrogens is 226 g/mol. The van der Waals surface area contributed by atoms with Gasteiger partial charge in [-0.25, -0.2) is 10.4 Å². The minimum Gasteiger partial charge on any atom is -0.323 e. The van der Waals surface area contributed by atoms with Gasteiger partial charge >= 0.3 is 0 Å². The Balaban J connectivity index is 1.75. The highest BCUT2D eigenvalue weighted by Crippen LogP contribution is 2.12. The summed E-state index contributed by atoms with van der Waals surface area (Å²) in [5, 5.41) is 4.10. The molecule has 2 N–H and O–H groups in total. The molecule has 5 nitrogen and oxygen atoms in total. The number of hydrogen-bond donors (Lipinski definition) is 2. The molecule has 0 saturated heterocycles. The highest BCUT2D eigenvalue weighted by atomic mass is 15.3. The molecule has 18 heavy (non-hydrogen) atoms. The van der Waals surface area contributed by atoms with E-state index >= 15 is 0 Å². The molecule has 3 rings (SSSR count). The van der Waals surface area contributed by atoms with Gasteiger partial charge in [0.05, 0.1) is 17.2 Å². The van der Waals surface area contributed by atoms with Crippen molar-refractivity contribution in [2.24, 2.45) is 5.10 Å². The van der Waals surface area contributed by atoms with Gasteiger partial charge in [0.2, 0.25) is 5.95 Å². The highest BCUT2D eigenvalue weighted by Gasteiger charge is 1.98. The molecule has 5 heteroatoms. The van der Waals surface area contributed by atoms with Gasteiger partial charge in [0, 0.05) is 18.0 Å². The van der Waals surface area contributed by atoms with Crippen molar-refractivity contribution >= 4 is 23.2 Å². The SMILES string of the molecule is C(=NNc1nc2ccccc2[nH]1)c1cccnc1. The van der Waals surface area contributed by atoms with E-state index in [1.54, 1.807) is 18.6 Å². The maximum atomic E-state index is 4.35. The van der Waals surface area contributed by atoms with Crippen LogP contribution in [0.15, 0.2) is 53.9 Å². The van der Waals surface area contributed by atoms with Gasteiger partial charge < -0.3 is 4.98 Å². The number of anilines is 1. The van der Waals surface area contributed by atoms with Crippen LogP contribution in [0.4, 0.5) is 5.95 Å². The number of nitrogens with zero attached hydrogens (tertiary/aromatic N) is 3. The van der Waals surface area contributed by atoms with E-state index in [0.717, 1.165) is 16.6 Å². The Morgan fingerprint density at radius 3 is 2.94 bits per heavy atom. The van der Waals surface area contributed by atoms with Crippen LogP contribution in [-0.2, 0) is 0 Å². The summed E-state index contributed by atoms with van der Waals surface area (Å²) < 4.78 is 0. The van der Waals surface area contributed by atoms with Gasteiger partial charge in [-0.2, -0.15) is 5.10 Å². The number of H-pyrrole nitrogens is 1. The summed E-state index contributed by atoms with van der Waals surface area (Å²) >= 11 is 0. The molecule has 2 aromatic heterocycles. The second-order valence-corrected chi connectivity index (χ2v) is 3.76. The van der Waals surface area contributed by atoms with Crippen molar-refractivity contribution in [2.45, 2.75) is 0 Å². The summed E-state index contributed by atoms with van der Waals surface area (Å²) in [6, 6.07) is 11.6. The monoisotopic (exact) mass is 237 g/mol. The summed E-state index contributed by atoms with van der Waals surface area (Å²) in [5.74, 6) is 0.622. The lowest BCUT2D eigenvalue weighted by atomic mass is 10.3. The molecular formula is C13H11N5. The molecule has 0 aliphatic rings.